The number of aliphatic hydroxyl groups is 3. The molecule has 0 aliphatic carbocycles. The van der Waals surface area contributed by atoms with Crippen LogP contribution in [0.15, 0.2) is 0 Å². The second-order valence-corrected chi connectivity index (χ2v) is 7.99. The fourth-order valence-electron chi connectivity index (χ4n) is 3.56. The van der Waals surface area contributed by atoms with Gasteiger partial charge in [0, 0.05) is 19.9 Å². The lowest BCUT2D eigenvalue weighted by atomic mass is 9.97. The molecular weight excluding hydrogens is 444 g/mol. The van der Waals surface area contributed by atoms with Crippen LogP contribution in [-0.4, -0.2) is 111 Å². The van der Waals surface area contributed by atoms with E-state index in [4.69, 9.17) is 26.0 Å². The van der Waals surface area contributed by atoms with E-state index in [9.17, 15) is 34.5 Å². The first-order valence-corrected chi connectivity index (χ1v) is 10.4. The summed E-state index contributed by atoms with van der Waals surface area (Å²) in [5.41, 5.74) is 11.3. The molecule has 0 bridgehead atoms. The van der Waals surface area contributed by atoms with Crippen molar-refractivity contribution in [1.29, 1.82) is 0 Å². The van der Waals surface area contributed by atoms with Crippen LogP contribution in [0.25, 0.3) is 0 Å². The van der Waals surface area contributed by atoms with Gasteiger partial charge in [0.25, 0.3) is 0 Å². The minimum atomic E-state index is -1.53. The van der Waals surface area contributed by atoms with Crippen molar-refractivity contribution in [2.24, 2.45) is 11.5 Å². The molecule has 14 heteroatoms. The van der Waals surface area contributed by atoms with E-state index in [0.29, 0.717) is 0 Å². The average Bonchev–Trinajstić information content (AvgIpc) is 2.71. The number of aliphatic hydroxyl groups excluding tert-OH is 3. The van der Waals surface area contributed by atoms with E-state index in [0.717, 1.165) is 4.90 Å². The first-order chi connectivity index (χ1) is 15.3. The van der Waals surface area contributed by atoms with Crippen LogP contribution in [0, 0.1) is 0 Å². The van der Waals surface area contributed by atoms with E-state index in [2.05, 4.69) is 5.32 Å². The first kappa shape index (κ1) is 28.7. The van der Waals surface area contributed by atoms with Gasteiger partial charge in [0.15, 0.2) is 6.29 Å². The molecular formula is C19H34N4O10. The molecule has 0 aromatic carbocycles. The summed E-state index contributed by atoms with van der Waals surface area (Å²) in [6.45, 7) is 3.18. The zero-order valence-electron chi connectivity index (χ0n) is 18.8. The van der Waals surface area contributed by atoms with E-state index in [1.807, 2.05) is 0 Å². The van der Waals surface area contributed by atoms with Crippen molar-refractivity contribution in [3.63, 3.8) is 0 Å². The van der Waals surface area contributed by atoms with E-state index < -0.39 is 85.5 Å². The molecule has 0 saturated carbocycles. The molecule has 0 radical (unpaired) electrons. The SMILES string of the molecule is CC(=O)N[C@@H](C)C(=O)N(CC(C)O[C@@H]1[C@@H](N)[C@@H](O)O[C@H](CO)[C@H]1O)[C@H](CCC(=O)O)C(N)=O. The minimum Gasteiger partial charge on any atom is -0.481 e. The van der Waals surface area contributed by atoms with E-state index in [-0.39, 0.29) is 13.0 Å². The van der Waals surface area contributed by atoms with Crippen molar-refractivity contribution in [2.75, 3.05) is 13.2 Å². The normalized spacial score (nSPS) is 27.8. The predicted molar refractivity (Wildman–Crippen MR) is 111 cm³/mol. The summed E-state index contributed by atoms with van der Waals surface area (Å²) in [5.74, 6) is -3.36. The Kier molecular flexibility index (Phi) is 11.1. The Morgan fingerprint density at radius 1 is 1.21 bits per heavy atom. The number of carboxylic acids is 1. The number of carbonyl (C=O) groups excluding carboxylic acids is 3. The number of primary amides is 1. The number of nitrogens with two attached hydrogens (primary N) is 2. The standard InChI is InChI=1S/C19H34N4O10/c1-8(32-16-14(20)19(31)33-12(7-24)15(16)28)6-23(18(30)9(2)22-10(3)25)11(17(21)29)4-5-13(26)27/h8-9,11-12,14-16,19,24,28,31H,4-7,20H2,1-3H3,(H2,21,29)(H,22,25)(H,26,27)/t8?,9-,11+,12+,14+,15+,16+,19-/m0/s1. The quantitative estimate of drug-likeness (QED) is 0.144. The van der Waals surface area contributed by atoms with Crippen molar-refractivity contribution < 1.29 is 49.1 Å². The number of carboxylic acid groups (broad SMARTS) is 1. The topological polar surface area (TPSA) is 235 Å². The molecule has 1 unspecified atom stereocenters. The predicted octanol–water partition coefficient (Wildman–Crippen LogP) is -3.77. The number of rotatable bonds is 12. The number of hydrogen-bond donors (Lipinski definition) is 7. The van der Waals surface area contributed by atoms with Crippen LogP contribution in [-0.2, 0) is 28.7 Å². The molecule has 0 spiro atoms. The zero-order valence-corrected chi connectivity index (χ0v) is 18.8. The summed E-state index contributed by atoms with van der Waals surface area (Å²) in [7, 11) is 0. The van der Waals surface area contributed by atoms with Gasteiger partial charge in [-0.15, -0.1) is 0 Å². The number of ether oxygens (including phenoxy) is 2. The molecule has 33 heavy (non-hydrogen) atoms. The van der Waals surface area contributed by atoms with Crippen LogP contribution in [0.2, 0.25) is 0 Å². The molecule has 0 aromatic rings. The molecule has 1 fully saturated rings. The lowest BCUT2D eigenvalue weighted by molar-refractivity contribution is -0.263. The highest BCUT2D eigenvalue weighted by Crippen LogP contribution is 2.23. The molecule has 1 aliphatic rings. The highest BCUT2D eigenvalue weighted by molar-refractivity contribution is 5.91. The van der Waals surface area contributed by atoms with Crippen LogP contribution in [0.1, 0.15) is 33.6 Å². The lowest BCUT2D eigenvalue weighted by Crippen LogP contribution is -2.64. The molecule has 1 heterocycles. The number of aliphatic carboxylic acids is 1. The van der Waals surface area contributed by atoms with E-state index in [1.165, 1.54) is 20.8 Å². The fraction of sp³-hybridized carbons (Fsp3) is 0.789. The largest absolute Gasteiger partial charge is 0.481 e. The summed E-state index contributed by atoms with van der Waals surface area (Å²) in [6, 6.07) is -3.57. The molecule has 1 rings (SSSR count). The minimum absolute atomic E-state index is 0.277. The Bertz CT molecular complexity index is 708. The van der Waals surface area contributed by atoms with Crippen molar-refractivity contribution >= 4 is 23.7 Å². The zero-order chi connectivity index (χ0) is 25.5. The maximum absolute atomic E-state index is 13.0. The number of nitrogens with zero attached hydrogens (tertiary/aromatic N) is 1. The van der Waals surface area contributed by atoms with Gasteiger partial charge in [0.2, 0.25) is 17.7 Å². The Balaban J connectivity index is 3.11. The second kappa shape index (κ2) is 12.8. The maximum atomic E-state index is 13.0. The van der Waals surface area contributed by atoms with Gasteiger partial charge >= 0.3 is 5.97 Å². The number of nitrogens with one attached hydrogen (secondary N) is 1. The van der Waals surface area contributed by atoms with E-state index in [1.54, 1.807) is 0 Å². The average molecular weight is 478 g/mol. The molecule has 9 N–H and O–H groups in total. The third kappa shape index (κ3) is 8.17. The third-order valence-electron chi connectivity index (χ3n) is 5.17. The van der Waals surface area contributed by atoms with Gasteiger partial charge < -0.3 is 51.6 Å². The van der Waals surface area contributed by atoms with Crippen LogP contribution in [0.5, 0.6) is 0 Å². The Labute approximate surface area is 190 Å². The number of hydrogen-bond acceptors (Lipinski definition) is 10. The highest BCUT2D eigenvalue weighted by Gasteiger charge is 2.44. The van der Waals surface area contributed by atoms with Gasteiger partial charge in [-0.2, -0.15) is 0 Å². The molecule has 8 atom stereocenters. The molecule has 14 nitrogen and oxygen atoms in total. The van der Waals surface area contributed by atoms with Gasteiger partial charge in [-0.3, -0.25) is 19.2 Å². The Morgan fingerprint density at radius 2 is 1.82 bits per heavy atom. The van der Waals surface area contributed by atoms with Gasteiger partial charge in [-0.25, -0.2) is 0 Å². The molecule has 3 amide bonds. The smallest absolute Gasteiger partial charge is 0.303 e. The summed E-state index contributed by atoms with van der Waals surface area (Å²) in [4.78, 5) is 48.5. The second-order valence-electron chi connectivity index (χ2n) is 7.99. The van der Waals surface area contributed by atoms with Crippen molar-refractivity contribution in [2.45, 2.75) is 82.4 Å². The highest BCUT2D eigenvalue weighted by atomic mass is 16.6. The molecule has 0 aromatic heterocycles. The third-order valence-corrected chi connectivity index (χ3v) is 5.17. The van der Waals surface area contributed by atoms with Crippen molar-refractivity contribution in [3.05, 3.63) is 0 Å². The summed E-state index contributed by atoms with van der Waals surface area (Å²) < 4.78 is 10.8. The number of amides is 3. The maximum Gasteiger partial charge on any atom is 0.303 e. The summed E-state index contributed by atoms with van der Waals surface area (Å²) in [6.07, 6.45) is -6.93. The Morgan fingerprint density at radius 3 is 2.30 bits per heavy atom. The van der Waals surface area contributed by atoms with Gasteiger partial charge in [0.05, 0.1) is 18.8 Å². The van der Waals surface area contributed by atoms with Gasteiger partial charge in [-0.1, -0.05) is 0 Å². The van der Waals surface area contributed by atoms with E-state index >= 15 is 0 Å². The molecule has 190 valence electrons. The van der Waals surface area contributed by atoms with Crippen molar-refractivity contribution in [3.8, 4) is 0 Å². The van der Waals surface area contributed by atoms with Crippen LogP contribution >= 0.6 is 0 Å². The summed E-state index contributed by atoms with van der Waals surface area (Å²) in [5, 5.41) is 41.0. The monoisotopic (exact) mass is 478 g/mol. The molecule has 1 saturated heterocycles. The molecule has 1 aliphatic heterocycles. The lowest BCUT2D eigenvalue weighted by Gasteiger charge is -2.42. The van der Waals surface area contributed by atoms with Crippen LogP contribution in [0.3, 0.4) is 0 Å². The number of carbonyl (C=O) groups is 4. The Hall–Kier alpha value is -2.36. The summed E-state index contributed by atoms with van der Waals surface area (Å²) >= 11 is 0. The van der Waals surface area contributed by atoms with Gasteiger partial charge in [-0.05, 0) is 20.3 Å². The van der Waals surface area contributed by atoms with Crippen LogP contribution < -0.4 is 16.8 Å². The fourth-order valence-corrected chi connectivity index (χ4v) is 3.56. The first-order valence-electron chi connectivity index (χ1n) is 10.4. The van der Waals surface area contributed by atoms with Crippen LogP contribution in [0.4, 0.5) is 0 Å². The van der Waals surface area contributed by atoms with Crippen molar-refractivity contribution in [1.82, 2.24) is 10.2 Å². The van der Waals surface area contributed by atoms with Gasteiger partial charge in [0.1, 0.15) is 30.4 Å².